The van der Waals surface area contributed by atoms with Gasteiger partial charge in [0.1, 0.15) is 0 Å². The van der Waals surface area contributed by atoms with Gasteiger partial charge in [0.15, 0.2) is 0 Å². The summed E-state index contributed by atoms with van der Waals surface area (Å²) in [6.07, 6.45) is 1.22. The third-order valence-electron chi connectivity index (χ3n) is 4.54. The normalized spacial score (nSPS) is 23.2. The van der Waals surface area contributed by atoms with Crippen molar-refractivity contribution >= 4 is 5.91 Å². The van der Waals surface area contributed by atoms with Crippen LogP contribution in [-0.4, -0.2) is 48.7 Å². The van der Waals surface area contributed by atoms with Crippen molar-refractivity contribution < 1.29 is 9.53 Å². The highest BCUT2D eigenvalue weighted by Gasteiger charge is 2.33. The molecule has 1 fully saturated rings. The quantitative estimate of drug-likeness (QED) is 0.871. The lowest BCUT2D eigenvalue weighted by Crippen LogP contribution is -2.57. The first-order valence-corrected chi connectivity index (χ1v) is 9.09. The summed E-state index contributed by atoms with van der Waals surface area (Å²) in [6.45, 7) is 12.8. The fourth-order valence-corrected chi connectivity index (χ4v) is 3.64. The van der Waals surface area contributed by atoms with Gasteiger partial charge in [-0.15, -0.1) is 0 Å². The van der Waals surface area contributed by atoms with Gasteiger partial charge in [-0.3, -0.25) is 9.69 Å². The Labute approximate surface area is 146 Å². The summed E-state index contributed by atoms with van der Waals surface area (Å²) in [6, 6.07) is 8.37. The lowest BCUT2D eigenvalue weighted by Gasteiger charge is -2.41. The molecular weight excluding hydrogens is 300 g/mol. The zero-order valence-electron chi connectivity index (χ0n) is 15.7. The molecule has 0 bridgehead atoms. The first-order valence-electron chi connectivity index (χ1n) is 9.09. The van der Waals surface area contributed by atoms with E-state index >= 15 is 0 Å². The highest BCUT2D eigenvalue weighted by atomic mass is 16.5. The number of nitrogens with zero attached hydrogens (tertiary/aromatic N) is 1. The van der Waals surface area contributed by atoms with Crippen molar-refractivity contribution in [3.8, 4) is 0 Å². The lowest BCUT2D eigenvalue weighted by atomic mass is 9.99. The highest BCUT2D eigenvalue weighted by Crippen LogP contribution is 2.18. The first-order chi connectivity index (χ1) is 11.4. The summed E-state index contributed by atoms with van der Waals surface area (Å²) in [5.41, 5.74) is 2.53. The van der Waals surface area contributed by atoms with Gasteiger partial charge in [0.2, 0.25) is 5.91 Å². The average Bonchev–Trinajstić information content (AvgIpc) is 2.46. The van der Waals surface area contributed by atoms with Gasteiger partial charge in [-0.05, 0) is 38.7 Å². The Bertz CT molecular complexity index is 534. The molecule has 1 aliphatic heterocycles. The predicted molar refractivity (Wildman–Crippen MR) is 98.1 cm³/mol. The number of carbonyl (C=O) groups excluding carboxylic acids is 1. The summed E-state index contributed by atoms with van der Waals surface area (Å²) in [7, 11) is 0. The van der Waals surface area contributed by atoms with Crippen molar-refractivity contribution in [2.24, 2.45) is 5.92 Å². The van der Waals surface area contributed by atoms with Crippen LogP contribution in [0.15, 0.2) is 24.3 Å². The number of amides is 1. The Morgan fingerprint density at radius 3 is 2.54 bits per heavy atom. The van der Waals surface area contributed by atoms with Crippen molar-refractivity contribution in [3.63, 3.8) is 0 Å². The van der Waals surface area contributed by atoms with E-state index in [2.05, 4.69) is 69.1 Å². The minimum absolute atomic E-state index is 0.0868. The average molecular weight is 332 g/mol. The molecule has 134 valence electrons. The Kier molecular flexibility index (Phi) is 6.81. The van der Waals surface area contributed by atoms with Crippen LogP contribution in [0.4, 0.5) is 0 Å². The minimum Gasteiger partial charge on any atom is -0.373 e. The number of benzene rings is 1. The fraction of sp³-hybridized carbons (Fsp3) is 0.650. The molecule has 0 radical (unpaired) electrons. The maximum absolute atomic E-state index is 12.8. The maximum Gasteiger partial charge on any atom is 0.237 e. The molecule has 1 heterocycles. The molecule has 4 nitrogen and oxygen atoms in total. The Balaban J connectivity index is 1.91. The predicted octanol–water partition coefficient (Wildman–Crippen LogP) is 2.79. The van der Waals surface area contributed by atoms with E-state index < -0.39 is 0 Å². The van der Waals surface area contributed by atoms with Crippen LogP contribution in [0.5, 0.6) is 0 Å². The summed E-state index contributed by atoms with van der Waals surface area (Å²) in [5, 5.41) is 3.14. The number of nitrogens with one attached hydrogen (secondary N) is 1. The molecule has 3 atom stereocenters. The molecule has 1 aromatic carbocycles. The Morgan fingerprint density at radius 1 is 1.29 bits per heavy atom. The molecule has 1 N–H and O–H groups in total. The van der Waals surface area contributed by atoms with E-state index in [9.17, 15) is 4.79 Å². The van der Waals surface area contributed by atoms with Gasteiger partial charge >= 0.3 is 0 Å². The van der Waals surface area contributed by atoms with Crippen molar-refractivity contribution in [3.05, 3.63) is 35.4 Å². The molecular formula is C20H32N2O2. The van der Waals surface area contributed by atoms with Gasteiger partial charge in [0.25, 0.3) is 0 Å². The number of carbonyl (C=O) groups is 1. The van der Waals surface area contributed by atoms with Crippen LogP contribution in [0, 0.1) is 12.8 Å². The van der Waals surface area contributed by atoms with Crippen molar-refractivity contribution in [2.45, 2.75) is 59.3 Å². The van der Waals surface area contributed by atoms with E-state index in [-0.39, 0.29) is 30.1 Å². The van der Waals surface area contributed by atoms with Crippen LogP contribution in [-0.2, 0) is 16.0 Å². The summed E-state index contributed by atoms with van der Waals surface area (Å²) in [5.74, 6) is 0.417. The van der Waals surface area contributed by atoms with Crippen LogP contribution in [0.2, 0.25) is 0 Å². The van der Waals surface area contributed by atoms with E-state index in [0.29, 0.717) is 6.54 Å². The largest absolute Gasteiger partial charge is 0.373 e. The number of hydrogen-bond acceptors (Lipinski definition) is 3. The number of morpholine rings is 1. The monoisotopic (exact) mass is 332 g/mol. The smallest absolute Gasteiger partial charge is 0.237 e. The molecule has 0 aliphatic carbocycles. The van der Waals surface area contributed by atoms with Crippen molar-refractivity contribution in [1.82, 2.24) is 10.2 Å². The second-order valence-electron chi connectivity index (χ2n) is 7.43. The molecule has 1 aromatic rings. The summed E-state index contributed by atoms with van der Waals surface area (Å²) < 4.78 is 5.80. The second kappa shape index (κ2) is 8.63. The molecule has 3 unspecified atom stereocenters. The van der Waals surface area contributed by atoms with E-state index in [1.54, 1.807) is 0 Å². The van der Waals surface area contributed by atoms with Crippen LogP contribution in [0.1, 0.15) is 38.8 Å². The molecule has 24 heavy (non-hydrogen) atoms. The third-order valence-corrected chi connectivity index (χ3v) is 4.54. The zero-order chi connectivity index (χ0) is 17.7. The van der Waals surface area contributed by atoms with E-state index in [0.717, 1.165) is 19.5 Å². The number of aryl methyl sites for hydroxylation is 1. The van der Waals surface area contributed by atoms with Crippen LogP contribution in [0.3, 0.4) is 0 Å². The second-order valence-corrected chi connectivity index (χ2v) is 7.43. The maximum atomic E-state index is 12.8. The van der Waals surface area contributed by atoms with E-state index in [4.69, 9.17) is 4.74 Å². The van der Waals surface area contributed by atoms with Gasteiger partial charge in [-0.2, -0.15) is 0 Å². The van der Waals surface area contributed by atoms with Gasteiger partial charge in [0, 0.05) is 19.6 Å². The van der Waals surface area contributed by atoms with E-state index in [1.807, 2.05) is 0 Å². The lowest BCUT2D eigenvalue weighted by molar-refractivity contribution is -0.135. The molecule has 0 saturated carbocycles. The SMILES string of the molecule is Cc1cccc(CCNC(=O)C(C(C)C)N2CC(C)OC(C)C2)c1. The molecule has 1 amide bonds. The van der Waals surface area contributed by atoms with Crippen LogP contribution >= 0.6 is 0 Å². The van der Waals surface area contributed by atoms with Gasteiger partial charge in [-0.25, -0.2) is 0 Å². The standard InChI is InChI=1S/C20H32N2O2/c1-14(2)19(22-12-16(4)24-17(5)13-22)20(23)21-10-9-18-8-6-7-15(3)11-18/h6-8,11,14,16-17,19H,9-10,12-13H2,1-5H3,(H,21,23). The zero-order valence-corrected chi connectivity index (χ0v) is 15.7. The molecule has 2 rings (SSSR count). The molecule has 1 aliphatic rings. The molecule has 0 aromatic heterocycles. The number of hydrogen-bond donors (Lipinski definition) is 1. The van der Waals surface area contributed by atoms with Gasteiger partial charge in [0.05, 0.1) is 18.2 Å². The molecule has 4 heteroatoms. The van der Waals surface area contributed by atoms with Crippen LogP contribution in [0.25, 0.3) is 0 Å². The Morgan fingerprint density at radius 2 is 1.96 bits per heavy atom. The summed E-state index contributed by atoms with van der Waals surface area (Å²) in [4.78, 5) is 15.0. The molecule has 1 saturated heterocycles. The van der Waals surface area contributed by atoms with Gasteiger partial charge < -0.3 is 10.1 Å². The van der Waals surface area contributed by atoms with E-state index in [1.165, 1.54) is 11.1 Å². The minimum atomic E-state index is -0.0868. The molecule has 0 spiro atoms. The number of ether oxygens (including phenoxy) is 1. The first kappa shape index (κ1) is 18.9. The fourth-order valence-electron chi connectivity index (χ4n) is 3.64. The Hall–Kier alpha value is -1.39. The van der Waals surface area contributed by atoms with Crippen LogP contribution < -0.4 is 5.32 Å². The van der Waals surface area contributed by atoms with Crippen molar-refractivity contribution in [1.29, 1.82) is 0 Å². The van der Waals surface area contributed by atoms with Gasteiger partial charge in [-0.1, -0.05) is 43.7 Å². The number of rotatable bonds is 6. The summed E-state index contributed by atoms with van der Waals surface area (Å²) >= 11 is 0. The van der Waals surface area contributed by atoms with Crippen molar-refractivity contribution in [2.75, 3.05) is 19.6 Å². The highest BCUT2D eigenvalue weighted by molar-refractivity contribution is 5.82. The topological polar surface area (TPSA) is 41.6 Å². The third kappa shape index (κ3) is 5.32.